The molecule has 0 amide bonds. The normalized spacial score (nSPS) is 11.0. The fourth-order valence-electron chi connectivity index (χ4n) is 5.59. The Morgan fingerprint density at radius 3 is 1.85 bits per heavy atom. The van der Waals surface area contributed by atoms with Gasteiger partial charge in [0.2, 0.25) is 0 Å². The van der Waals surface area contributed by atoms with Crippen molar-refractivity contribution in [1.82, 2.24) is 4.98 Å². The number of pyridine rings is 1. The van der Waals surface area contributed by atoms with E-state index in [0.717, 1.165) is 33.6 Å². The summed E-state index contributed by atoms with van der Waals surface area (Å²) in [6.07, 6.45) is 1.71. The van der Waals surface area contributed by atoms with Gasteiger partial charge in [0, 0.05) is 49.5 Å². The number of benzene rings is 6. The molecule has 0 spiro atoms. The molecule has 0 radical (unpaired) electrons. The molecule has 1 heterocycles. The molecule has 0 aliphatic carbocycles. The van der Waals surface area contributed by atoms with Crippen molar-refractivity contribution in [2.45, 2.75) is 0 Å². The first-order chi connectivity index (χ1) is 22.1. The third-order valence-electron chi connectivity index (χ3n) is 7.67. The SMILES string of the molecule is Oc1ccccc1-c1cc(-c2ccccc2)cc(C=Nc2cccc3cc(N(c4ccccc4)c4ccccc4)cc(O)c23)n1.[Pt]. The van der Waals surface area contributed by atoms with Crippen molar-refractivity contribution in [2.24, 2.45) is 4.99 Å². The summed E-state index contributed by atoms with van der Waals surface area (Å²) >= 11 is 0. The van der Waals surface area contributed by atoms with Gasteiger partial charge in [-0.3, -0.25) is 4.99 Å². The maximum absolute atomic E-state index is 11.4. The summed E-state index contributed by atoms with van der Waals surface area (Å²) in [6.45, 7) is 0. The zero-order chi connectivity index (χ0) is 30.6. The first-order valence-electron chi connectivity index (χ1n) is 14.7. The van der Waals surface area contributed by atoms with Gasteiger partial charge in [0.05, 0.1) is 29.0 Å². The number of para-hydroxylation sites is 3. The van der Waals surface area contributed by atoms with Gasteiger partial charge in [-0.05, 0) is 77.2 Å². The van der Waals surface area contributed by atoms with Crippen molar-refractivity contribution in [1.29, 1.82) is 0 Å². The van der Waals surface area contributed by atoms with E-state index in [0.29, 0.717) is 28.0 Å². The molecule has 5 nitrogen and oxygen atoms in total. The van der Waals surface area contributed by atoms with E-state index in [1.807, 2.05) is 109 Å². The van der Waals surface area contributed by atoms with Crippen molar-refractivity contribution in [2.75, 3.05) is 4.90 Å². The largest absolute Gasteiger partial charge is 0.507 e. The van der Waals surface area contributed by atoms with Crippen LogP contribution in [0.2, 0.25) is 0 Å². The first-order valence-corrected chi connectivity index (χ1v) is 14.7. The topological polar surface area (TPSA) is 69.0 Å². The number of anilines is 3. The number of aromatic hydroxyl groups is 2. The molecule has 0 aliphatic rings. The second kappa shape index (κ2) is 13.6. The summed E-state index contributed by atoms with van der Waals surface area (Å²) < 4.78 is 0. The maximum atomic E-state index is 11.4. The van der Waals surface area contributed by atoms with Crippen LogP contribution in [0.25, 0.3) is 33.2 Å². The Kier molecular flexibility index (Phi) is 9.05. The molecule has 6 heteroatoms. The van der Waals surface area contributed by atoms with Gasteiger partial charge in [-0.1, -0.05) is 91.0 Å². The molecule has 6 aromatic carbocycles. The smallest absolute Gasteiger partial charge is 0.127 e. The Bertz CT molecular complexity index is 2100. The van der Waals surface area contributed by atoms with Gasteiger partial charge >= 0.3 is 0 Å². The number of rotatable bonds is 7. The molecule has 0 aliphatic heterocycles. The van der Waals surface area contributed by atoms with Gasteiger partial charge in [-0.2, -0.15) is 0 Å². The molecule has 0 saturated heterocycles. The van der Waals surface area contributed by atoms with E-state index in [1.54, 1.807) is 24.4 Å². The minimum Gasteiger partial charge on any atom is -0.507 e. The standard InChI is InChI=1S/C40H29N3O2.Pt/c44-38-22-11-10-20-35(38)37-25-30(28-13-4-1-5-14-28)23-31(42-37)27-41-36-21-12-15-29-24-34(26-39(45)40(29)36)43(32-16-6-2-7-17-32)33-18-8-3-9-19-33;/h1-27,44-45H;. The minimum atomic E-state index is 0. The molecule has 7 aromatic rings. The number of hydrogen-bond donors (Lipinski definition) is 2. The van der Waals surface area contributed by atoms with Crippen LogP contribution in [0.5, 0.6) is 11.5 Å². The summed E-state index contributed by atoms with van der Waals surface area (Å²) in [5.41, 5.74) is 7.33. The molecular formula is C40H29N3O2Pt. The summed E-state index contributed by atoms with van der Waals surface area (Å²) in [5.74, 6) is 0.293. The molecular weight excluding hydrogens is 750 g/mol. The second-order valence-corrected chi connectivity index (χ2v) is 10.7. The van der Waals surface area contributed by atoms with E-state index in [9.17, 15) is 10.2 Å². The van der Waals surface area contributed by atoms with E-state index in [2.05, 4.69) is 35.2 Å². The molecule has 0 bridgehead atoms. The van der Waals surface area contributed by atoms with E-state index in [4.69, 9.17) is 9.98 Å². The molecule has 46 heavy (non-hydrogen) atoms. The summed E-state index contributed by atoms with van der Waals surface area (Å²) in [6, 6.07) is 51.0. The molecule has 1 aromatic heterocycles. The number of phenols is 2. The Morgan fingerprint density at radius 1 is 0.543 bits per heavy atom. The van der Waals surface area contributed by atoms with Crippen LogP contribution in [0.1, 0.15) is 5.69 Å². The monoisotopic (exact) mass is 778 g/mol. The van der Waals surface area contributed by atoms with Crippen LogP contribution in [0.4, 0.5) is 22.7 Å². The fraction of sp³-hybridized carbons (Fsp3) is 0. The molecule has 0 atom stereocenters. The molecule has 2 N–H and O–H groups in total. The van der Waals surface area contributed by atoms with E-state index >= 15 is 0 Å². The Hall–Kier alpha value is -5.51. The van der Waals surface area contributed by atoms with Crippen molar-refractivity contribution >= 4 is 39.7 Å². The second-order valence-electron chi connectivity index (χ2n) is 10.7. The predicted molar refractivity (Wildman–Crippen MR) is 184 cm³/mol. The number of fused-ring (bicyclic) bond motifs is 1. The van der Waals surface area contributed by atoms with Crippen LogP contribution in [0.3, 0.4) is 0 Å². The van der Waals surface area contributed by atoms with E-state index in [-0.39, 0.29) is 32.6 Å². The van der Waals surface area contributed by atoms with Crippen LogP contribution in [0, 0.1) is 0 Å². The van der Waals surface area contributed by atoms with E-state index in [1.165, 1.54) is 0 Å². The first kappa shape index (κ1) is 30.5. The van der Waals surface area contributed by atoms with Gasteiger partial charge in [-0.25, -0.2) is 4.98 Å². The molecule has 7 rings (SSSR count). The van der Waals surface area contributed by atoms with Crippen molar-refractivity contribution < 1.29 is 31.3 Å². The Labute approximate surface area is 282 Å². The zero-order valence-corrected chi connectivity index (χ0v) is 26.9. The maximum Gasteiger partial charge on any atom is 0.127 e. The third kappa shape index (κ3) is 6.32. The van der Waals surface area contributed by atoms with Gasteiger partial charge in [0.1, 0.15) is 11.5 Å². The average Bonchev–Trinajstić information content (AvgIpc) is 3.09. The molecule has 0 fully saturated rings. The van der Waals surface area contributed by atoms with Gasteiger partial charge < -0.3 is 15.1 Å². The summed E-state index contributed by atoms with van der Waals surface area (Å²) in [5, 5.41) is 23.5. The van der Waals surface area contributed by atoms with Gasteiger partial charge in [0.15, 0.2) is 0 Å². The van der Waals surface area contributed by atoms with Crippen molar-refractivity contribution in [3.8, 4) is 33.9 Å². The van der Waals surface area contributed by atoms with Crippen molar-refractivity contribution in [3.05, 3.63) is 163 Å². The number of aromatic nitrogens is 1. The zero-order valence-electron chi connectivity index (χ0n) is 24.6. The number of aliphatic imine (C=N–C) groups is 1. The van der Waals surface area contributed by atoms with Crippen LogP contribution in [0.15, 0.2) is 163 Å². The van der Waals surface area contributed by atoms with Crippen molar-refractivity contribution in [3.63, 3.8) is 0 Å². The number of nitrogens with zero attached hydrogens (tertiary/aromatic N) is 3. The van der Waals surface area contributed by atoms with Gasteiger partial charge in [-0.15, -0.1) is 0 Å². The molecule has 226 valence electrons. The minimum absolute atomic E-state index is 0. The molecule has 0 saturated carbocycles. The van der Waals surface area contributed by atoms with Crippen LogP contribution < -0.4 is 4.90 Å². The fourth-order valence-corrected chi connectivity index (χ4v) is 5.59. The summed E-state index contributed by atoms with van der Waals surface area (Å²) in [7, 11) is 0. The van der Waals surface area contributed by atoms with Crippen LogP contribution >= 0.6 is 0 Å². The Morgan fingerprint density at radius 2 is 1.17 bits per heavy atom. The van der Waals surface area contributed by atoms with E-state index < -0.39 is 0 Å². The third-order valence-corrected chi connectivity index (χ3v) is 7.67. The van der Waals surface area contributed by atoms with Crippen LogP contribution in [-0.2, 0) is 21.1 Å². The van der Waals surface area contributed by atoms with Crippen LogP contribution in [-0.4, -0.2) is 21.4 Å². The van der Waals surface area contributed by atoms with Gasteiger partial charge in [0.25, 0.3) is 0 Å². The number of phenolic OH excluding ortho intramolecular Hbond substituents is 2. The Balaban J connectivity index is 0.00000372. The number of hydrogen-bond acceptors (Lipinski definition) is 5. The summed E-state index contributed by atoms with van der Waals surface area (Å²) in [4.78, 5) is 11.8. The predicted octanol–water partition coefficient (Wildman–Crippen LogP) is 10.2. The molecule has 0 unspecified atom stereocenters. The average molecular weight is 779 g/mol. The quantitative estimate of drug-likeness (QED) is 0.158.